The van der Waals surface area contributed by atoms with Crippen molar-refractivity contribution in [1.29, 1.82) is 0 Å². The molecule has 1 aliphatic rings. The van der Waals surface area contributed by atoms with E-state index >= 15 is 0 Å². The van der Waals surface area contributed by atoms with Crippen LogP contribution in [0, 0.1) is 5.92 Å². The van der Waals surface area contributed by atoms with Crippen molar-refractivity contribution < 1.29 is 29.0 Å². The van der Waals surface area contributed by atoms with Crippen LogP contribution >= 0.6 is 0 Å². The second-order valence-corrected chi connectivity index (χ2v) is 7.24. The van der Waals surface area contributed by atoms with Gasteiger partial charge in [0.2, 0.25) is 0 Å². The number of aromatic hydroxyl groups is 1. The van der Waals surface area contributed by atoms with Crippen LogP contribution < -0.4 is 4.74 Å². The molecule has 0 unspecified atom stereocenters. The summed E-state index contributed by atoms with van der Waals surface area (Å²) in [5.74, 6) is -0.164. The van der Waals surface area contributed by atoms with Gasteiger partial charge in [-0.1, -0.05) is 35.5 Å². The molecule has 3 rings (SSSR count). The van der Waals surface area contributed by atoms with Crippen LogP contribution in [0.3, 0.4) is 0 Å². The number of piperidine rings is 1. The summed E-state index contributed by atoms with van der Waals surface area (Å²) in [6.45, 7) is 2.42. The first kappa shape index (κ1) is 22.1. The Labute approximate surface area is 181 Å². The molecule has 164 valence electrons. The molecule has 0 spiro atoms. The summed E-state index contributed by atoms with van der Waals surface area (Å²) in [6, 6.07) is 14.4. The number of ether oxygens (including phenoxy) is 2. The molecule has 0 saturated carbocycles. The molecule has 0 aromatic heterocycles. The van der Waals surface area contributed by atoms with Gasteiger partial charge in [-0.05, 0) is 30.5 Å². The predicted molar refractivity (Wildman–Crippen MR) is 114 cm³/mol. The number of carbonyl (C=O) groups is 2. The highest BCUT2D eigenvalue weighted by Gasteiger charge is 2.29. The van der Waals surface area contributed by atoms with E-state index in [0.717, 1.165) is 5.56 Å². The SMILES string of the molecule is COc1ccc(/C(=N\OC(C)=O)C2CCN(C(=O)OCc3ccccc3)CC2)c(O)c1. The van der Waals surface area contributed by atoms with Crippen LogP contribution in [0.1, 0.15) is 30.9 Å². The van der Waals surface area contributed by atoms with Gasteiger partial charge in [-0.2, -0.15) is 0 Å². The molecule has 8 nitrogen and oxygen atoms in total. The molecule has 0 radical (unpaired) electrons. The number of rotatable bonds is 6. The van der Waals surface area contributed by atoms with Crippen LogP contribution in [0.2, 0.25) is 0 Å². The van der Waals surface area contributed by atoms with Crippen molar-refractivity contribution in [2.24, 2.45) is 11.1 Å². The average molecular weight is 426 g/mol. The van der Waals surface area contributed by atoms with Crippen LogP contribution in [-0.2, 0) is 21.0 Å². The summed E-state index contributed by atoms with van der Waals surface area (Å²) >= 11 is 0. The summed E-state index contributed by atoms with van der Waals surface area (Å²) in [5.41, 5.74) is 1.86. The third-order valence-electron chi connectivity index (χ3n) is 5.10. The molecule has 8 heteroatoms. The van der Waals surface area contributed by atoms with E-state index in [1.54, 1.807) is 17.0 Å². The normalized spacial score (nSPS) is 14.8. The molecule has 2 aromatic rings. The number of hydrogen-bond donors (Lipinski definition) is 1. The molecule has 1 amide bonds. The van der Waals surface area contributed by atoms with Crippen molar-refractivity contribution in [3.63, 3.8) is 0 Å². The van der Waals surface area contributed by atoms with Gasteiger partial charge < -0.3 is 24.3 Å². The fourth-order valence-electron chi connectivity index (χ4n) is 3.46. The Morgan fingerprint density at radius 3 is 2.45 bits per heavy atom. The number of benzene rings is 2. The first-order valence-corrected chi connectivity index (χ1v) is 10.1. The summed E-state index contributed by atoms with van der Waals surface area (Å²) in [4.78, 5) is 30.2. The van der Waals surface area contributed by atoms with Crippen molar-refractivity contribution in [1.82, 2.24) is 4.90 Å². The molecule has 1 N–H and O–H groups in total. The molecule has 0 bridgehead atoms. The van der Waals surface area contributed by atoms with Gasteiger partial charge in [0.25, 0.3) is 0 Å². The molecule has 31 heavy (non-hydrogen) atoms. The van der Waals surface area contributed by atoms with Gasteiger partial charge in [0.15, 0.2) is 0 Å². The lowest BCUT2D eigenvalue weighted by Gasteiger charge is -2.31. The number of phenols is 1. The average Bonchev–Trinajstić information content (AvgIpc) is 2.79. The van der Waals surface area contributed by atoms with Crippen molar-refractivity contribution in [2.45, 2.75) is 26.4 Å². The van der Waals surface area contributed by atoms with Gasteiger partial charge in [0.05, 0.1) is 12.8 Å². The Hall–Kier alpha value is -3.55. The van der Waals surface area contributed by atoms with Crippen LogP contribution in [-0.4, -0.2) is 48.0 Å². The number of likely N-dealkylation sites (tertiary alicyclic amines) is 1. The molecule has 1 aliphatic heterocycles. The van der Waals surface area contributed by atoms with Gasteiger partial charge in [0.1, 0.15) is 18.1 Å². The maximum absolute atomic E-state index is 12.4. The molecule has 1 heterocycles. The summed E-state index contributed by atoms with van der Waals surface area (Å²) < 4.78 is 10.5. The van der Waals surface area contributed by atoms with Gasteiger partial charge in [-0.3, -0.25) is 0 Å². The number of nitrogens with zero attached hydrogens (tertiary/aromatic N) is 2. The zero-order valence-corrected chi connectivity index (χ0v) is 17.6. The number of carbonyl (C=O) groups excluding carboxylic acids is 2. The largest absolute Gasteiger partial charge is 0.507 e. The third kappa shape index (κ3) is 5.97. The Morgan fingerprint density at radius 1 is 1.13 bits per heavy atom. The zero-order chi connectivity index (χ0) is 22.2. The maximum atomic E-state index is 12.4. The van der Waals surface area contributed by atoms with E-state index in [1.165, 1.54) is 20.1 Å². The summed E-state index contributed by atoms with van der Waals surface area (Å²) in [6.07, 6.45) is 0.811. The van der Waals surface area contributed by atoms with Crippen LogP contribution in [0.5, 0.6) is 11.5 Å². The summed E-state index contributed by atoms with van der Waals surface area (Å²) in [5, 5.41) is 14.4. The van der Waals surface area contributed by atoms with Crippen LogP contribution in [0.25, 0.3) is 0 Å². The van der Waals surface area contributed by atoms with Crippen molar-refractivity contribution >= 4 is 17.8 Å². The number of methoxy groups -OCH3 is 1. The number of amides is 1. The first-order valence-electron chi connectivity index (χ1n) is 10.1. The fraction of sp³-hybridized carbons (Fsp3) is 0.348. The lowest BCUT2D eigenvalue weighted by Crippen LogP contribution is -2.40. The Bertz CT molecular complexity index is 936. The quantitative estimate of drug-likeness (QED) is 0.430. The Kier molecular flexibility index (Phi) is 7.48. The molecular weight excluding hydrogens is 400 g/mol. The maximum Gasteiger partial charge on any atom is 0.410 e. The Morgan fingerprint density at radius 2 is 1.84 bits per heavy atom. The fourth-order valence-corrected chi connectivity index (χ4v) is 3.46. The lowest BCUT2D eigenvalue weighted by molar-refractivity contribution is -0.141. The minimum absolute atomic E-state index is 0.0186. The third-order valence-corrected chi connectivity index (χ3v) is 5.10. The van der Waals surface area contributed by atoms with E-state index in [4.69, 9.17) is 14.3 Å². The smallest absolute Gasteiger partial charge is 0.410 e. The zero-order valence-electron chi connectivity index (χ0n) is 17.6. The minimum Gasteiger partial charge on any atom is -0.507 e. The molecular formula is C23H26N2O6. The number of oxime groups is 1. The van der Waals surface area contributed by atoms with E-state index in [2.05, 4.69) is 5.16 Å². The number of hydrogen-bond acceptors (Lipinski definition) is 7. The predicted octanol–water partition coefficient (Wildman–Crippen LogP) is 3.72. The highest BCUT2D eigenvalue weighted by atomic mass is 16.7. The lowest BCUT2D eigenvalue weighted by atomic mass is 9.88. The molecule has 1 saturated heterocycles. The topological polar surface area (TPSA) is 97.7 Å². The minimum atomic E-state index is -0.549. The van der Waals surface area contributed by atoms with Crippen LogP contribution in [0.15, 0.2) is 53.7 Å². The van der Waals surface area contributed by atoms with Gasteiger partial charge in [-0.25, -0.2) is 9.59 Å². The van der Waals surface area contributed by atoms with E-state index in [9.17, 15) is 14.7 Å². The summed E-state index contributed by atoms with van der Waals surface area (Å²) in [7, 11) is 1.51. The highest BCUT2D eigenvalue weighted by Crippen LogP contribution is 2.30. The van der Waals surface area contributed by atoms with Crippen molar-refractivity contribution in [3.05, 3.63) is 59.7 Å². The van der Waals surface area contributed by atoms with Crippen molar-refractivity contribution in [2.75, 3.05) is 20.2 Å². The molecule has 0 atom stereocenters. The second-order valence-electron chi connectivity index (χ2n) is 7.24. The monoisotopic (exact) mass is 426 g/mol. The molecule has 2 aromatic carbocycles. The van der Waals surface area contributed by atoms with E-state index in [-0.39, 0.29) is 24.4 Å². The number of phenolic OH excluding ortho intramolecular Hbond substituents is 1. The molecule has 0 aliphatic carbocycles. The highest BCUT2D eigenvalue weighted by molar-refractivity contribution is 6.04. The van der Waals surface area contributed by atoms with E-state index in [1.807, 2.05) is 30.3 Å². The second kappa shape index (κ2) is 10.5. The van der Waals surface area contributed by atoms with Crippen molar-refractivity contribution in [3.8, 4) is 11.5 Å². The van der Waals surface area contributed by atoms with Gasteiger partial charge in [-0.15, -0.1) is 0 Å². The van der Waals surface area contributed by atoms with Gasteiger partial charge >= 0.3 is 12.1 Å². The van der Waals surface area contributed by atoms with Gasteiger partial charge in [0, 0.05) is 37.6 Å². The Balaban J connectivity index is 1.65. The first-order chi connectivity index (χ1) is 15.0. The van der Waals surface area contributed by atoms with E-state index < -0.39 is 5.97 Å². The van der Waals surface area contributed by atoms with Crippen LogP contribution in [0.4, 0.5) is 4.79 Å². The van der Waals surface area contributed by atoms with E-state index in [0.29, 0.717) is 43.0 Å². The molecule has 1 fully saturated rings. The standard InChI is InChI=1S/C23H26N2O6/c1-16(26)31-24-22(20-9-8-19(29-2)14-21(20)27)18-10-12-25(13-11-18)23(28)30-15-17-6-4-3-5-7-17/h3-9,14,18,27H,10-13,15H2,1-2H3/b24-22-.